The van der Waals surface area contributed by atoms with Crippen molar-refractivity contribution in [2.24, 2.45) is 5.92 Å². The predicted molar refractivity (Wildman–Crippen MR) is 149 cm³/mol. The van der Waals surface area contributed by atoms with Gasteiger partial charge in [-0.25, -0.2) is 9.78 Å². The highest BCUT2D eigenvalue weighted by molar-refractivity contribution is 5.95. The maximum Gasteiger partial charge on any atom is 0.330 e. The Labute approximate surface area is 222 Å². The number of methoxy groups -OCH3 is 1. The molecular weight excluding hydrogens is 476 g/mol. The Hall–Kier alpha value is -4.19. The molecule has 1 amide bonds. The number of carbonyl (C=O) groups is 2. The van der Waals surface area contributed by atoms with E-state index in [9.17, 15) is 9.59 Å². The van der Waals surface area contributed by atoms with Crippen LogP contribution >= 0.6 is 0 Å². The molecule has 1 aromatic heterocycles. The quantitative estimate of drug-likeness (QED) is 0.197. The highest BCUT2D eigenvalue weighted by Crippen LogP contribution is 2.30. The van der Waals surface area contributed by atoms with Crippen molar-refractivity contribution in [3.63, 3.8) is 0 Å². The van der Waals surface area contributed by atoms with Gasteiger partial charge < -0.3 is 14.1 Å². The molecule has 0 radical (unpaired) electrons. The molecule has 0 spiro atoms. The minimum absolute atomic E-state index is 0.0365. The van der Waals surface area contributed by atoms with Crippen molar-refractivity contribution in [1.82, 2.24) is 4.98 Å². The second-order valence-electron chi connectivity index (χ2n) is 9.82. The molecule has 194 valence electrons. The molecule has 1 fully saturated rings. The summed E-state index contributed by atoms with van der Waals surface area (Å²) in [6.45, 7) is 2.32. The van der Waals surface area contributed by atoms with E-state index in [-0.39, 0.29) is 11.8 Å². The predicted octanol–water partition coefficient (Wildman–Crippen LogP) is 7.10. The standard InChI is InChI=1S/C32H32N2O4/c1-22-33-29-17-16-27(20-30(29)38-22)25-14-11-24(12-15-25)21-34(32(36)26-8-4-3-5-9-26)28-10-6-7-23(19-28)13-18-31(35)37-2/h6-7,10-20,26H,3-5,8-9,21H2,1-2H3. The smallest absolute Gasteiger partial charge is 0.330 e. The van der Waals surface area contributed by atoms with Crippen LogP contribution in [0.2, 0.25) is 0 Å². The van der Waals surface area contributed by atoms with Crippen molar-refractivity contribution < 1.29 is 18.7 Å². The first kappa shape index (κ1) is 25.5. The van der Waals surface area contributed by atoms with Gasteiger partial charge >= 0.3 is 5.97 Å². The molecule has 38 heavy (non-hydrogen) atoms. The van der Waals surface area contributed by atoms with Gasteiger partial charge in [0.2, 0.25) is 5.91 Å². The second kappa shape index (κ2) is 11.5. The number of oxazole rings is 1. The zero-order valence-electron chi connectivity index (χ0n) is 21.9. The molecule has 4 aromatic rings. The van der Waals surface area contributed by atoms with Gasteiger partial charge in [0.05, 0.1) is 13.7 Å². The van der Waals surface area contributed by atoms with Crippen LogP contribution in [0.25, 0.3) is 28.3 Å². The van der Waals surface area contributed by atoms with Gasteiger partial charge in [-0.15, -0.1) is 0 Å². The van der Waals surface area contributed by atoms with Gasteiger partial charge in [0, 0.05) is 24.6 Å². The van der Waals surface area contributed by atoms with Crippen LogP contribution in [0.5, 0.6) is 0 Å². The number of amides is 1. The van der Waals surface area contributed by atoms with Crippen molar-refractivity contribution in [1.29, 1.82) is 0 Å². The zero-order valence-corrected chi connectivity index (χ0v) is 21.9. The van der Waals surface area contributed by atoms with Crippen LogP contribution in [0, 0.1) is 12.8 Å². The van der Waals surface area contributed by atoms with E-state index >= 15 is 0 Å². The third kappa shape index (κ3) is 5.86. The van der Waals surface area contributed by atoms with Crippen molar-refractivity contribution in [3.8, 4) is 11.1 Å². The first-order valence-electron chi connectivity index (χ1n) is 13.1. The van der Waals surface area contributed by atoms with Crippen molar-refractivity contribution in [3.05, 3.63) is 89.8 Å². The van der Waals surface area contributed by atoms with Gasteiger partial charge in [0.15, 0.2) is 11.5 Å². The maximum absolute atomic E-state index is 13.8. The minimum Gasteiger partial charge on any atom is -0.466 e. The second-order valence-corrected chi connectivity index (χ2v) is 9.82. The third-order valence-corrected chi connectivity index (χ3v) is 7.14. The fourth-order valence-electron chi connectivity index (χ4n) is 5.10. The summed E-state index contributed by atoms with van der Waals surface area (Å²) in [5.74, 6) is 0.437. The van der Waals surface area contributed by atoms with Gasteiger partial charge in [-0.1, -0.05) is 61.7 Å². The Morgan fingerprint density at radius 1 is 1.00 bits per heavy atom. The van der Waals surface area contributed by atoms with Gasteiger partial charge in [-0.3, -0.25) is 4.79 Å². The summed E-state index contributed by atoms with van der Waals surface area (Å²) in [6.07, 6.45) is 8.34. The minimum atomic E-state index is -0.414. The molecule has 5 rings (SSSR count). The lowest BCUT2D eigenvalue weighted by Gasteiger charge is -2.30. The molecular formula is C32H32N2O4. The van der Waals surface area contributed by atoms with E-state index in [1.807, 2.05) is 54.3 Å². The molecule has 1 saturated carbocycles. The molecule has 1 aliphatic carbocycles. The zero-order chi connectivity index (χ0) is 26.5. The number of ether oxygens (including phenoxy) is 1. The molecule has 1 heterocycles. The number of aryl methyl sites for hydroxylation is 1. The maximum atomic E-state index is 13.8. The molecule has 0 unspecified atom stereocenters. The molecule has 0 atom stereocenters. The Morgan fingerprint density at radius 3 is 2.53 bits per heavy atom. The van der Waals surface area contributed by atoms with E-state index in [0.29, 0.717) is 12.4 Å². The number of carbonyl (C=O) groups excluding carboxylic acids is 2. The molecule has 0 N–H and O–H groups in total. The largest absolute Gasteiger partial charge is 0.466 e. The van der Waals surface area contributed by atoms with Crippen LogP contribution in [-0.2, 0) is 20.9 Å². The van der Waals surface area contributed by atoms with Gasteiger partial charge in [0.25, 0.3) is 0 Å². The topological polar surface area (TPSA) is 72.6 Å². The summed E-state index contributed by atoms with van der Waals surface area (Å²) in [6, 6.07) is 22.1. The molecule has 0 saturated heterocycles. The first-order chi connectivity index (χ1) is 18.5. The number of fused-ring (bicyclic) bond motifs is 1. The van der Waals surface area contributed by atoms with Gasteiger partial charge in [-0.2, -0.15) is 0 Å². The number of anilines is 1. The van der Waals surface area contributed by atoms with Gasteiger partial charge in [0.1, 0.15) is 5.52 Å². The number of aromatic nitrogens is 1. The number of benzene rings is 3. The lowest BCUT2D eigenvalue weighted by molar-refractivity contribution is -0.134. The van der Waals surface area contributed by atoms with E-state index < -0.39 is 5.97 Å². The fraction of sp³-hybridized carbons (Fsp3) is 0.281. The van der Waals surface area contributed by atoms with Crippen LogP contribution in [0.1, 0.15) is 49.1 Å². The summed E-state index contributed by atoms with van der Waals surface area (Å²) in [5, 5.41) is 0. The van der Waals surface area contributed by atoms with E-state index in [1.165, 1.54) is 19.6 Å². The lowest BCUT2D eigenvalue weighted by Crippen LogP contribution is -2.36. The lowest BCUT2D eigenvalue weighted by atomic mass is 9.88. The van der Waals surface area contributed by atoms with E-state index in [1.54, 1.807) is 6.08 Å². The number of rotatable bonds is 7. The van der Waals surface area contributed by atoms with Crippen LogP contribution < -0.4 is 4.90 Å². The monoisotopic (exact) mass is 508 g/mol. The molecule has 0 aliphatic heterocycles. The molecule has 3 aromatic carbocycles. The number of hydrogen-bond donors (Lipinski definition) is 0. The SMILES string of the molecule is COC(=O)C=Cc1cccc(N(Cc2ccc(-c3ccc4nc(C)oc4c3)cc2)C(=O)C2CCCCC2)c1. The van der Waals surface area contributed by atoms with E-state index in [0.717, 1.165) is 64.7 Å². The average Bonchev–Trinajstić information content (AvgIpc) is 3.34. The molecule has 6 heteroatoms. The molecule has 6 nitrogen and oxygen atoms in total. The number of nitrogens with zero attached hydrogens (tertiary/aromatic N) is 2. The van der Waals surface area contributed by atoms with Crippen molar-refractivity contribution in [2.45, 2.75) is 45.6 Å². The average molecular weight is 509 g/mol. The van der Waals surface area contributed by atoms with Gasteiger partial charge in [-0.05, 0) is 65.4 Å². The van der Waals surface area contributed by atoms with E-state index in [2.05, 4.69) is 29.2 Å². The Balaban J connectivity index is 1.41. The number of esters is 1. The number of hydrogen-bond acceptors (Lipinski definition) is 5. The Kier molecular flexibility index (Phi) is 7.68. The normalized spacial score (nSPS) is 14.2. The summed E-state index contributed by atoms with van der Waals surface area (Å²) in [5.41, 5.74) is 6.46. The van der Waals surface area contributed by atoms with Crippen LogP contribution in [0.3, 0.4) is 0 Å². The summed E-state index contributed by atoms with van der Waals surface area (Å²) in [7, 11) is 1.35. The highest BCUT2D eigenvalue weighted by atomic mass is 16.5. The van der Waals surface area contributed by atoms with Crippen LogP contribution in [0.4, 0.5) is 5.69 Å². The van der Waals surface area contributed by atoms with E-state index in [4.69, 9.17) is 9.15 Å². The Morgan fingerprint density at radius 2 is 1.76 bits per heavy atom. The summed E-state index contributed by atoms with van der Waals surface area (Å²) >= 11 is 0. The molecule has 1 aliphatic rings. The highest BCUT2D eigenvalue weighted by Gasteiger charge is 2.27. The summed E-state index contributed by atoms with van der Waals surface area (Å²) in [4.78, 5) is 31.6. The third-order valence-electron chi connectivity index (χ3n) is 7.14. The van der Waals surface area contributed by atoms with Crippen LogP contribution in [-0.4, -0.2) is 24.0 Å². The van der Waals surface area contributed by atoms with Crippen LogP contribution in [0.15, 0.2) is 77.2 Å². The first-order valence-corrected chi connectivity index (χ1v) is 13.1. The van der Waals surface area contributed by atoms with Crippen molar-refractivity contribution in [2.75, 3.05) is 12.0 Å². The molecule has 0 bridgehead atoms. The Bertz CT molecular complexity index is 1460. The van der Waals surface area contributed by atoms with Crippen molar-refractivity contribution >= 4 is 34.7 Å². The summed E-state index contributed by atoms with van der Waals surface area (Å²) < 4.78 is 10.4. The fourth-order valence-corrected chi connectivity index (χ4v) is 5.10.